The second-order valence-electron chi connectivity index (χ2n) is 16.0. The Hall–Kier alpha value is -6.05. The van der Waals surface area contributed by atoms with Gasteiger partial charge < -0.3 is 24.7 Å². The molecular weight excluding hydrogens is 850 g/mol. The van der Waals surface area contributed by atoms with Gasteiger partial charge in [0.25, 0.3) is 27.2 Å². The summed E-state index contributed by atoms with van der Waals surface area (Å²) in [6.07, 6.45) is 5.79. The fourth-order valence-corrected chi connectivity index (χ4v) is 9.85. The molecule has 9 rings (SSSR count). The number of allylic oxidation sites excluding steroid dienone is 1. The number of rotatable bonds is 12. The third kappa shape index (κ3) is 8.68. The number of anilines is 2. The molecule has 2 aliphatic heterocycles. The summed E-state index contributed by atoms with van der Waals surface area (Å²) in [5.41, 5.74) is 5.30. The Labute approximate surface area is 367 Å². The first kappa shape index (κ1) is 42.3. The molecule has 0 bridgehead atoms. The van der Waals surface area contributed by atoms with Crippen LogP contribution in [0.15, 0.2) is 94.3 Å². The molecule has 3 aliphatic rings. The van der Waals surface area contributed by atoms with E-state index in [9.17, 15) is 28.1 Å². The molecule has 328 valence electrons. The number of hydrogen-bond acceptors (Lipinski definition) is 12. The number of amides is 1. The summed E-state index contributed by atoms with van der Waals surface area (Å²) in [6, 6.07) is 20.2. The topological polar surface area (TPSA) is 199 Å². The molecule has 3 aromatic carbocycles. The summed E-state index contributed by atoms with van der Waals surface area (Å²) < 4.78 is 43.7. The minimum absolute atomic E-state index is 0.0518. The number of ether oxygens (including phenoxy) is 2. The van der Waals surface area contributed by atoms with Crippen molar-refractivity contribution < 1.29 is 27.6 Å². The number of H-pyrrole nitrogens is 1. The van der Waals surface area contributed by atoms with E-state index in [1.807, 2.05) is 18.2 Å². The maximum atomic E-state index is 14.3. The molecule has 2 saturated heterocycles. The normalized spacial score (nSPS) is 17.7. The summed E-state index contributed by atoms with van der Waals surface area (Å²) in [4.78, 5) is 51.2. The quantitative estimate of drug-likeness (QED) is 0.0978. The number of aromatic nitrogens is 4. The zero-order valence-electron chi connectivity index (χ0n) is 34.5. The fraction of sp³-hybridized carbons (Fsp3) is 0.341. The van der Waals surface area contributed by atoms with E-state index in [4.69, 9.17) is 21.1 Å². The van der Waals surface area contributed by atoms with Crippen LogP contribution in [0.5, 0.6) is 0 Å². The molecule has 3 N–H and O–H groups in total. The molecule has 0 spiro atoms. The number of benzene rings is 3. The fourth-order valence-electron chi connectivity index (χ4n) is 8.74. The smallest absolute Gasteiger partial charge is 0.293 e. The number of sulfonamides is 1. The van der Waals surface area contributed by atoms with Crippen molar-refractivity contribution in [1.29, 1.82) is 0 Å². The zero-order valence-corrected chi connectivity index (χ0v) is 36.1. The van der Waals surface area contributed by atoms with Gasteiger partial charge in [0.15, 0.2) is 5.52 Å². The number of pyridine rings is 1. The van der Waals surface area contributed by atoms with Crippen molar-refractivity contribution in [2.75, 3.05) is 69.3 Å². The van der Waals surface area contributed by atoms with Crippen LogP contribution in [0.2, 0.25) is 5.02 Å². The second-order valence-corrected chi connectivity index (χ2v) is 18.1. The van der Waals surface area contributed by atoms with E-state index in [0.717, 1.165) is 67.5 Å². The molecule has 1 aliphatic carbocycles. The van der Waals surface area contributed by atoms with Crippen LogP contribution in [0.25, 0.3) is 33.3 Å². The van der Waals surface area contributed by atoms with Crippen LogP contribution in [0.3, 0.4) is 0 Å². The van der Waals surface area contributed by atoms with Gasteiger partial charge in [0.05, 0.1) is 52.5 Å². The third-order valence-corrected chi connectivity index (χ3v) is 13.6. The van der Waals surface area contributed by atoms with Gasteiger partial charge in [-0.25, -0.2) is 27.5 Å². The first-order valence-corrected chi connectivity index (χ1v) is 22.7. The minimum Gasteiger partial charge on any atom is -0.377 e. The number of nitrogens with one attached hydrogen (secondary N) is 3. The van der Waals surface area contributed by atoms with Crippen LogP contribution in [0.4, 0.5) is 17.1 Å². The molecule has 5 heterocycles. The molecule has 0 radical (unpaired) electrons. The number of nitro groups is 1. The van der Waals surface area contributed by atoms with Gasteiger partial charge >= 0.3 is 0 Å². The van der Waals surface area contributed by atoms with Crippen LogP contribution in [-0.2, 0) is 26.5 Å². The van der Waals surface area contributed by atoms with Crippen molar-refractivity contribution in [3.63, 3.8) is 0 Å². The van der Waals surface area contributed by atoms with Crippen molar-refractivity contribution in [3.05, 3.63) is 121 Å². The van der Waals surface area contributed by atoms with Crippen LogP contribution >= 0.6 is 11.6 Å². The lowest BCUT2D eigenvalue weighted by atomic mass is 9.87. The number of nitrogens with zero attached hydrogens (tertiary/aromatic N) is 6. The molecule has 3 aromatic heterocycles. The Morgan fingerprint density at radius 2 is 1.79 bits per heavy atom. The van der Waals surface area contributed by atoms with Crippen molar-refractivity contribution in [3.8, 4) is 5.69 Å². The number of piperazine rings is 1. The molecule has 1 amide bonds. The number of aromatic amines is 1. The lowest BCUT2D eigenvalue weighted by Gasteiger charge is -2.37. The van der Waals surface area contributed by atoms with E-state index in [-0.39, 0.29) is 35.1 Å². The van der Waals surface area contributed by atoms with Crippen LogP contribution in [0.1, 0.15) is 41.6 Å². The molecule has 6 aromatic rings. The van der Waals surface area contributed by atoms with E-state index >= 15 is 0 Å². The highest BCUT2D eigenvalue weighted by Gasteiger charge is 2.29. The standard InChI is InChI=1S/C44H46ClN9O8S/c1-50-44(56)41-40(22-29-14-15-46-42(29)48-41)53(50)38-23-32(52-18-16-51(17-19-52)26-30-4-2-3-5-35(30)28-6-8-31(45)9-7-28)10-12-36(38)43(55)49-63(59,60)34-11-13-37(39(24-34)54(57)58)47-25-33-27-61-20-21-62-33/h6-15,22-24,33,47H,2-5,16-21,25-27H2,1H3,(H,46,48)(H,49,55)/t33-/m0/s1. The van der Waals surface area contributed by atoms with Gasteiger partial charge in [-0.1, -0.05) is 29.3 Å². The summed E-state index contributed by atoms with van der Waals surface area (Å²) >= 11 is 6.20. The number of fused-ring (bicyclic) bond motifs is 2. The highest BCUT2D eigenvalue weighted by Crippen LogP contribution is 2.35. The van der Waals surface area contributed by atoms with Crippen LogP contribution in [-0.4, -0.2) is 109 Å². The molecule has 2 fully saturated rings. The van der Waals surface area contributed by atoms with E-state index in [0.29, 0.717) is 44.1 Å². The zero-order chi connectivity index (χ0) is 43.8. The van der Waals surface area contributed by atoms with Gasteiger partial charge in [-0.15, -0.1) is 0 Å². The Kier molecular flexibility index (Phi) is 11.8. The SMILES string of the molecule is Cn1c(=O)c2nc3[nH]ccc3cc2n1-c1cc(N2CCN(CC3=C(c4ccc(Cl)cc4)CCCC3)CC2)ccc1C(=O)NS(=O)(=O)c1ccc(NC[C@H]2COCCO2)c([N+](=O)[O-])c1. The minimum atomic E-state index is -4.65. The maximum absolute atomic E-state index is 14.3. The van der Waals surface area contributed by atoms with E-state index < -0.39 is 37.0 Å². The summed E-state index contributed by atoms with van der Waals surface area (Å²) in [5, 5.41) is 16.5. The van der Waals surface area contributed by atoms with Crippen molar-refractivity contribution in [2.24, 2.45) is 7.05 Å². The molecule has 0 saturated carbocycles. The van der Waals surface area contributed by atoms with Gasteiger partial charge in [0.1, 0.15) is 11.3 Å². The Morgan fingerprint density at radius 1 is 1.00 bits per heavy atom. The highest BCUT2D eigenvalue weighted by atomic mass is 35.5. The average molecular weight is 896 g/mol. The first-order chi connectivity index (χ1) is 30.4. The number of carbonyl (C=O) groups is 1. The lowest BCUT2D eigenvalue weighted by molar-refractivity contribution is -0.384. The van der Waals surface area contributed by atoms with Gasteiger partial charge in [0.2, 0.25) is 0 Å². The number of hydrogen-bond donors (Lipinski definition) is 3. The second kappa shape index (κ2) is 17.6. The van der Waals surface area contributed by atoms with Gasteiger partial charge in [0, 0.05) is 74.7 Å². The molecular formula is C44H46ClN9O8S. The van der Waals surface area contributed by atoms with Gasteiger partial charge in [-0.2, -0.15) is 0 Å². The van der Waals surface area contributed by atoms with Gasteiger partial charge in [-0.3, -0.25) is 24.6 Å². The molecule has 0 unspecified atom stereocenters. The largest absolute Gasteiger partial charge is 0.377 e. The Morgan fingerprint density at radius 3 is 2.56 bits per heavy atom. The lowest BCUT2D eigenvalue weighted by Crippen LogP contribution is -2.47. The van der Waals surface area contributed by atoms with Crippen molar-refractivity contribution in [2.45, 2.75) is 36.7 Å². The van der Waals surface area contributed by atoms with E-state index in [1.165, 1.54) is 39.6 Å². The number of nitro benzene ring substituents is 1. The van der Waals surface area contributed by atoms with Crippen LogP contribution < -0.4 is 20.5 Å². The third-order valence-electron chi connectivity index (χ3n) is 12.0. The number of carbonyl (C=O) groups excluding carboxylic acids is 1. The number of halogens is 1. The molecule has 19 heteroatoms. The van der Waals surface area contributed by atoms with Crippen LogP contribution in [0, 0.1) is 10.1 Å². The summed E-state index contributed by atoms with van der Waals surface area (Å²) in [6.45, 7) is 5.18. The van der Waals surface area contributed by atoms with Crippen molar-refractivity contribution >= 4 is 72.2 Å². The average Bonchev–Trinajstić information content (AvgIpc) is 3.85. The molecule has 1 atom stereocenters. The van der Waals surface area contributed by atoms with Gasteiger partial charge in [-0.05, 0) is 91.4 Å². The predicted molar refractivity (Wildman–Crippen MR) is 240 cm³/mol. The Bertz CT molecular complexity index is 2930. The predicted octanol–water partition coefficient (Wildman–Crippen LogP) is 5.86. The first-order valence-electron chi connectivity index (χ1n) is 20.9. The maximum Gasteiger partial charge on any atom is 0.293 e. The summed E-state index contributed by atoms with van der Waals surface area (Å²) in [7, 11) is -3.09. The highest BCUT2D eigenvalue weighted by molar-refractivity contribution is 7.90. The molecule has 63 heavy (non-hydrogen) atoms. The van der Waals surface area contributed by atoms with E-state index in [2.05, 4.69) is 41.9 Å². The van der Waals surface area contributed by atoms with E-state index in [1.54, 1.807) is 36.1 Å². The molecule has 17 nitrogen and oxygen atoms in total. The Balaban J connectivity index is 1.01. The summed E-state index contributed by atoms with van der Waals surface area (Å²) in [5.74, 6) is -0.997. The monoisotopic (exact) mass is 895 g/mol. The van der Waals surface area contributed by atoms with Crippen molar-refractivity contribution in [1.82, 2.24) is 29.0 Å².